The monoisotopic (exact) mass is 255 g/mol. The summed E-state index contributed by atoms with van der Waals surface area (Å²) in [4.78, 5) is 14.9. The van der Waals surface area contributed by atoms with Gasteiger partial charge in [0.15, 0.2) is 0 Å². The zero-order valence-electron chi connectivity index (χ0n) is 10.4. The number of aromatic nitrogens is 1. The van der Waals surface area contributed by atoms with Gasteiger partial charge in [0.05, 0.1) is 17.0 Å². The van der Waals surface area contributed by atoms with Gasteiger partial charge < -0.3 is 5.11 Å². The van der Waals surface area contributed by atoms with E-state index in [0.717, 1.165) is 11.3 Å². The maximum atomic E-state index is 10.8. The Morgan fingerprint density at radius 3 is 2.74 bits per heavy atom. The lowest BCUT2D eigenvalue weighted by Gasteiger charge is -2.04. The highest BCUT2D eigenvalue weighted by molar-refractivity contribution is 5.98. The highest BCUT2D eigenvalue weighted by atomic mass is 16.4. The number of nitrogens with one attached hydrogen (secondary N) is 1. The molecule has 0 aliphatic heterocycles. The Bertz CT molecular complexity index is 609. The molecule has 0 unspecified atom stereocenters. The third-order valence-electron chi connectivity index (χ3n) is 2.54. The molecule has 0 amide bonds. The summed E-state index contributed by atoms with van der Waals surface area (Å²) in [5, 5.41) is 13.1. The zero-order chi connectivity index (χ0) is 13.7. The van der Waals surface area contributed by atoms with Crippen molar-refractivity contribution in [3.63, 3.8) is 0 Å². The van der Waals surface area contributed by atoms with Crippen LogP contribution in [0, 0.1) is 0 Å². The van der Waals surface area contributed by atoms with Crippen molar-refractivity contribution >= 4 is 17.4 Å². The van der Waals surface area contributed by atoms with Crippen molar-refractivity contribution in [3.05, 3.63) is 59.9 Å². The first-order chi connectivity index (χ1) is 9.16. The van der Waals surface area contributed by atoms with Crippen LogP contribution >= 0.6 is 0 Å². The second-order valence-electron chi connectivity index (χ2n) is 3.94. The van der Waals surface area contributed by atoms with E-state index in [1.807, 2.05) is 19.1 Å². The maximum Gasteiger partial charge on any atom is 0.335 e. The number of hydrazone groups is 1. The number of pyridine rings is 1. The van der Waals surface area contributed by atoms with Gasteiger partial charge in [-0.25, -0.2) is 4.79 Å². The summed E-state index contributed by atoms with van der Waals surface area (Å²) in [6.45, 7) is 1.85. The lowest BCUT2D eigenvalue weighted by molar-refractivity contribution is 0.0697. The van der Waals surface area contributed by atoms with E-state index in [9.17, 15) is 4.79 Å². The van der Waals surface area contributed by atoms with Crippen molar-refractivity contribution in [1.82, 2.24) is 4.98 Å². The molecule has 1 aromatic heterocycles. The highest BCUT2D eigenvalue weighted by Crippen LogP contribution is 2.11. The van der Waals surface area contributed by atoms with Crippen LogP contribution in [-0.2, 0) is 0 Å². The Labute approximate surface area is 110 Å². The highest BCUT2D eigenvalue weighted by Gasteiger charge is 2.02. The van der Waals surface area contributed by atoms with Crippen LogP contribution in [-0.4, -0.2) is 21.8 Å². The number of aromatic carboxylic acids is 1. The van der Waals surface area contributed by atoms with Gasteiger partial charge in [0.2, 0.25) is 0 Å². The van der Waals surface area contributed by atoms with E-state index >= 15 is 0 Å². The molecule has 0 saturated carbocycles. The molecule has 0 radical (unpaired) electrons. The van der Waals surface area contributed by atoms with E-state index in [1.54, 1.807) is 24.5 Å². The summed E-state index contributed by atoms with van der Waals surface area (Å²) in [6.07, 6.45) is 3.41. The number of carboxylic acids is 1. The smallest absolute Gasteiger partial charge is 0.335 e. The summed E-state index contributed by atoms with van der Waals surface area (Å²) < 4.78 is 0. The van der Waals surface area contributed by atoms with Crippen molar-refractivity contribution < 1.29 is 9.90 Å². The summed E-state index contributed by atoms with van der Waals surface area (Å²) >= 11 is 0. The van der Waals surface area contributed by atoms with E-state index in [-0.39, 0.29) is 5.56 Å². The van der Waals surface area contributed by atoms with Gasteiger partial charge in [-0.2, -0.15) is 5.10 Å². The molecule has 2 rings (SSSR count). The van der Waals surface area contributed by atoms with Gasteiger partial charge >= 0.3 is 5.97 Å². The topological polar surface area (TPSA) is 74.6 Å². The number of benzene rings is 1. The number of hydrogen-bond acceptors (Lipinski definition) is 4. The van der Waals surface area contributed by atoms with Gasteiger partial charge in [-0.05, 0) is 31.2 Å². The van der Waals surface area contributed by atoms with Crippen molar-refractivity contribution in [2.45, 2.75) is 6.92 Å². The van der Waals surface area contributed by atoms with Crippen LogP contribution in [0.2, 0.25) is 0 Å². The second-order valence-corrected chi connectivity index (χ2v) is 3.94. The predicted octanol–water partition coefficient (Wildman–Crippen LogP) is 2.62. The fraction of sp³-hybridized carbons (Fsp3) is 0.0714. The van der Waals surface area contributed by atoms with Crippen LogP contribution in [0.4, 0.5) is 5.69 Å². The molecule has 0 spiro atoms. The summed E-state index contributed by atoms with van der Waals surface area (Å²) in [5.74, 6) is -0.961. The largest absolute Gasteiger partial charge is 0.478 e. The fourth-order valence-corrected chi connectivity index (χ4v) is 1.51. The molecule has 96 valence electrons. The minimum absolute atomic E-state index is 0.222. The van der Waals surface area contributed by atoms with Crippen LogP contribution in [0.3, 0.4) is 0 Å². The average Bonchev–Trinajstić information content (AvgIpc) is 2.46. The lowest BCUT2D eigenvalue weighted by atomic mass is 10.2. The summed E-state index contributed by atoms with van der Waals surface area (Å²) in [7, 11) is 0. The fourth-order valence-electron chi connectivity index (χ4n) is 1.51. The molecule has 19 heavy (non-hydrogen) atoms. The van der Waals surface area contributed by atoms with Crippen LogP contribution in [0.5, 0.6) is 0 Å². The number of carboxylic acid groups (broad SMARTS) is 1. The van der Waals surface area contributed by atoms with Crippen LogP contribution in [0.25, 0.3) is 0 Å². The molecule has 0 saturated heterocycles. The first kappa shape index (κ1) is 12.8. The van der Waals surface area contributed by atoms with E-state index < -0.39 is 5.97 Å². The maximum absolute atomic E-state index is 10.8. The third kappa shape index (κ3) is 3.38. The quantitative estimate of drug-likeness (QED) is 0.650. The Hall–Kier alpha value is -2.69. The molecule has 0 fully saturated rings. The van der Waals surface area contributed by atoms with E-state index in [2.05, 4.69) is 15.5 Å². The molecule has 1 aromatic carbocycles. The first-order valence-electron chi connectivity index (χ1n) is 5.71. The van der Waals surface area contributed by atoms with Gasteiger partial charge in [0.1, 0.15) is 0 Å². The molecule has 2 aromatic rings. The summed E-state index contributed by atoms with van der Waals surface area (Å²) in [6, 6.07) is 10.2. The standard InChI is InChI=1S/C14H13N3O2/c1-10(12-5-3-7-15-9-12)16-17-13-6-2-4-11(8-13)14(18)19/h2-9,17H,1H3,(H,18,19)/b16-10-. The number of hydrogen-bond donors (Lipinski definition) is 2. The van der Waals surface area contributed by atoms with Crippen molar-refractivity contribution in [1.29, 1.82) is 0 Å². The van der Waals surface area contributed by atoms with Crippen LogP contribution in [0.15, 0.2) is 53.9 Å². The molecule has 5 heteroatoms. The SMILES string of the molecule is C/C(=N/Nc1cccc(C(=O)O)c1)c1cccnc1. The van der Waals surface area contributed by atoms with Crippen molar-refractivity contribution in [2.75, 3.05) is 5.43 Å². The van der Waals surface area contributed by atoms with Gasteiger partial charge in [-0.3, -0.25) is 10.4 Å². The third-order valence-corrected chi connectivity index (χ3v) is 2.54. The van der Waals surface area contributed by atoms with Gasteiger partial charge in [-0.1, -0.05) is 12.1 Å². The van der Waals surface area contributed by atoms with Crippen molar-refractivity contribution in [3.8, 4) is 0 Å². The van der Waals surface area contributed by atoms with E-state index in [1.165, 1.54) is 12.1 Å². The van der Waals surface area contributed by atoms with E-state index in [4.69, 9.17) is 5.11 Å². The molecule has 1 heterocycles. The zero-order valence-corrected chi connectivity index (χ0v) is 10.4. The van der Waals surface area contributed by atoms with Crippen LogP contribution < -0.4 is 5.43 Å². The van der Waals surface area contributed by atoms with E-state index in [0.29, 0.717) is 5.69 Å². The Morgan fingerprint density at radius 1 is 1.26 bits per heavy atom. The van der Waals surface area contributed by atoms with Crippen LogP contribution in [0.1, 0.15) is 22.8 Å². The molecule has 0 bridgehead atoms. The Morgan fingerprint density at radius 2 is 2.05 bits per heavy atom. The van der Waals surface area contributed by atoms with Gasteiger partial charge in [0.25, 0.3) is 0 Å². The summed E-state index contributed by atoms with van der Waals surface area (Å²) in [5.41, 5.74) is 5.36. The molecular formula is C14H13N3O2. The Kier molecular flexibility index (Phi) is 3.87. The molecular weight excluding hydrogens is 242 g/mol. The van der Waals surface area contributed by atoms with Gasteiger partial charge in [0, 0.05) is 18.0 Å². The second kappa shape index (κ2) is 5.77. The predicted molar refractivity (Wildman–Crippen MR) is 73.5 cm³/mol. The average molecular weight is 255 g/mol. The Balaban J connectivity index is 2.14. The normalized spacial score (nSPS) is 11.1. The minimum atomic E-state index is -0.961. The molecule has 2 N–H and O–H groups in total. The molecule has 5 nitrogen and oxygen atoms in total. The molecule has 0 atom stereocenters. The molecule has 0 aliphatic carbocycles. The number of nitrogens with zero attached hydrogens (tertiary/aromatic N) is 2. The van der Waals surface area contributed by atoms with Gasteiger partial charge in [-0.15, -0.1) is 0 Å². The molecule has 0 aliphatic rings. The lowest BCUT2D eigenvalue weighted by Crippen LogP contribution is -2.01. The minimum Gasteiger partial charge on any atom is -0.478 e. The van der Waals surface area contributed by atoms with Crippen molar-refractivity contribution in [2.24, 2.45) is 5.10 Å². The number of anilines is 1. The number of carbonyl (C=O) groups is 1. The first-order valence-corrected chi connectivity index (χ1v) is 5.71. The number of rotatable bonds is 4.